The number of nitrogens with two attached hydrogens (primary N) is 1. The quantitative estimate of drug-likeness (QED) is 0.588. The standard InChI is InChI=1S/C13H24N4/c1-10(2)8-17(9-11(3)4)12-5-6-13(16-14)15-7-12/h5-7,10-11H,8-9,14H2,1-4H3,(H,15,16). The van der Waals surface area contributed by atoms with Gasteiger partial charge in [0.2, 0.25) is 0 Å². The molecule has 3 N–H and O–H groups in total. The summed E-state index contributed by atoms with van der Waals surface area (Å²) in [6.07, 6.45) is 1.87. The minimum atomic E-state index is 0.640. The molecule has 0 bridgehead atoms. The molecular weight excluding hydrogens is 212 g/mol. The fraction of sp³-hybridized carbons (Fsp3) is 0.615. The van der Waals surface area contributed by atoms with Crippen LogP contribution >= 0.6 is 0 Å². The Hall–Kier alpha value is -1.29. The highest BCUT2D eigenvalue weighted by Gasteiger charge is 2.10. The van der Waals surface area contributed by atoms with Crippen molar-refractivity contribution in [2.45, 2.75) is 27.7 Å². The predicted molar refractivity (Wildman–Crippen MR) is 73.9 cm³/mol. The molecule has 1 aromatic heterocycles. The van der Waals surface area contributed by atoms with Crippen LogP contribution in [0.2, 0.25) is 0 Å². The van der Waals surface area contributed by atoms with Crippen molar-refractivity contribution in [1.82, 2.24) is 4.98 Å². The number of aromatic nitrogens is 1. The molecule has 0 atom stereocenters. The van der Waals surface area contributed by atoms with Crippen LogP contribution < -0.4 is 16.2 Å². The summed E-state index contributed by atoms with van der Waals surface area (Å²) in [5, 5.41) is 0. The monoisotopic (exact) mass is 236 g/mol. The van der Waals surface area contributed by atoms with Crippen LogP contribution in [0.3, 0.4) is 0 Å². The first-order valence-electron chi connectivity index (χ1n) is 6.20. The zero-order valence-electron chi connectivity index (χ0n) is 11.3. The Morgan fingerprint density at radius 2 is 1.76 bits per heavy atom. The van der Waals surface area contributed by atoms with Crippen LogP contribution in [0.15, 0.2) is 18.3 Å². The van der Waals surface area contributed by atoms with Gasteiger partial charge in [0.05, 0.1) is 11.9 Å². The number of nitrogens with zero attached hydrogens (tertiary/aromatic N) is 2. The van der Waals surface area contributed by atoms with Crippen molar-refractivity contribution in [3.05, 3.63) is 18.3 Å². The van der Waals surface area contributed by atoms with Gasteiger partial charge >= 0.3 is 0 Å². The van der Waals surface area contributed by atoms with E-state index in [9.17, 15) is 0 Å². The van der Waals surface area contributed by atoms with E-state index < -0.39 is 0 Å². The lowest BCUT2D eigenvalue weighted by molar-refractivity contribution is 0.552. The van der Waals surface area contributed by atoms with Gasteiger partial charge in [-0.3, -0.25) is 0 Å². The van der Waals surface area contributed by atoms with Gasteiger partial charge in [0, 0.05) is 13.1 Å². The average molecular weight is 236 g/mol. The summed E-state index contributed by atoms with van der Waals surface area (Å²) in [5.41, 5.74) is 3.70. The summed E-state index contributed by atoms with van der Waals surface area (Å²) in [7, 11) is 0. The average Bonchev–Trinajstić information content (AvgIpc) is 2.27. The van der Waals surface area contributed by atoms with Gasteiger partial charge in [-0.25, -0.2) is 10.8 Å². The third kappa shape index (κ3) is 4.61. The maximum Gasteiger partial charge on any atom is 0.140 e. The van der Waals surface area contributed by atoms with Gasteiger partial charge < -0.3 is 10.3 Å². The van der Waals surface area contributed by atoms with Crippen molar-refractivity contribution >= 4 is 11.5 Å². The Morgan fingerprint density at radius 3 is 2.12 bits per heavy atom. The van der Waals surface area contributed by atoms with E-state index in [4.69, 9.17) is 5.84 Å². The summed E-state index contributed by atoms with van der Waals surface area (Å²) < 4.78 is 0. The first-order valence-corrected chi connectivity index (χ1v) is 6.20. The zero-order chi connectivity index (χ0) is 12.8. The molecular formula is C13H24N4. The zero-order valence-corrected chi connectivity index (χ0v) is 11.3. The SMILES string of the molecule is CC(C)CN(CC(C)C)c1ccc(NN)nc1. The lowest BCUT2D eigenvalue weighted by atomic mass is 10.1. The van der Waals surface area contributed by atoms with Crippen molar-refractivity contribution in [2.24, 2.45) is 17.7 Å². The smallest absolute Gasteiger partial charge is 0.140 e. The third-order valence-electron chi connectivity index (χ3n) is 2.43. The molecule has 0 saturated heterocycles. The van der Waals surface area contributed by atoms with E-state index in [-0.39, 0.29) is 0 Å². The Balaban J connectivity index is 2.79. The first-order chi connectivity index (χ1) is 8.02. The van der Waals surface area contributed by atoms with Crippen LogP contribution in [-0.4, -0.2) is 18.1 Å². The summed E-state index contributed by atoms with van der Waals surface area (Å²) in [5.74, 6) is 7.29. The van der Waals surface area contributed by atoms with Gasteiger partial charge in [-0.15, -0.1) is 0 Å². The highest BCUT2D eigenvalue weighted by molar-refractivity contribution is 5.49. The molecule has 1 heterocycles. The number of anilines is 2. The lowest BCUT2D eigenvalue weighted by Crippen LogP contribution is -2.31. The molecule has 4 nitrogen and oxygen atoms in total. The molecule has 0 aliphatic rings. The molecule has 0 spiro atoms. The van der Waals surface area contributed by atoms with Crippen LogP contribution in [0.5, 0.6) is 0 Å². The molecule has 0 amide bonds. The minimum Gasteiger partial charge on any atom is -0.370 e. The second kappa shape index (κ2) is 6.45. The van der Waals surface area contributed by atoms with E-state index in [1.807, 2.05) is 12.3 Å². The van der Waals surface area contributed by atoms with Gasteiger partial charge in [-0.1, -0.05) is 27.7 Å². The number of nitrogen functional groups attached to an aromatic ring is 1. The highest BCUT2D eigenvalue weighted by Crippen LogP contribution is 2.17. The van der Waals surface area contributed by atoms with Crippen LogP contribution in [0.1, 0.15) is 27.7 Å². The Labute approximate surface area is 104 Å². The Bertz CT molecular complexity index is 309. The summed E-state index contributed by atoms with van der Waals surface area (Å²) >= 11 is 0. The number of hydrazine groups is 1. The molecule has 0 aliphatic heterocycles. The minimum absolute atomic E-state index is 0.640. The molecule has 4 heteroatoms. The van der Waals surface area contributed by atoms with E-state index in [1.54, 1.807) is 0 Å². The van der Waals surface area contributed by atoms with Gasteiger partial charge in [-0.05, 0) is 24.0 Å². The number of hydrogen-bond acceptors (Lipinski definition) is 4. The van der Waals surface area contributed by atoms with E-state index in [0.717, 1.165) is 18.8 Å². The van der Waals surface area contributed by atoms with Crippen molar-refractivity contribution in [3.8, 4) is 0 Å². The summed E-state index contributed by atoms with van der Waals surface area (Å²) in [4.78, 5) is 6.63. The second-order valence-electron chi connectivity index (χ2n) is 5.24. The summed E-state index contributed by atoms with van der Waals surface area (Å²) in [6.45, 7) is 11.0. The van der Waals surface area contributed by atoms with Crippen molar-refractivity contribution < 1.29 is 0 Å². The molecule has 0 saturated carbocycles. The normalized spacial score (nSPS) is 11.0. The van der Waals surface area contributed by atoms with Gasteiger partial charge in [-0.2, -0.15) is 0 Å². The topological polar surface area (TPSA) is 54.2 Å². The van der Waals surface area contributed by atoms with Crippen LogP contribution in [-0.2, 0) is 0 Å². The number of pyridine rings is 1. The van der Waals surface area contributed by atoms with Crippen molar-refractivity contribution in [3.63, 3.8) is 0 Å². The lowest BCUT2D eigenvalue weighted by Gasteiger charge is -2.28. The fourth-order valence-electron chi connectivity index (χ4n) is 1.83. The van der Waals surface area contributed by atoms with Gasteiger partial charge in [0.15, 0.2) is 0 Å². The van der Waals surface area contributed by atoms with Crippen molar-refractivity contribution in [2.75, 3.05) is 23.4 Å². The molecule has 17 heavy (non-hydrogen) atoms. The fourth-order valence-corrected chi connectivity index (χ4v) is 1.83. The van der Waals surface area contributed by atoms with Crippen LogP contribution in [0.25, 0.3) is 0 Å². The van der Waals surface area contributed by atoms with Crippen LogP contribution in [0, 0.1) is 11.8 Å². The van der Waals surface area contributed by atoms with Gasteiger partial charge in [0.25, 0.3) is 0 Å². The molecule has 1 rings (SSSR count). The molecule has 96 valence electrons. The third-order valence-corrected chi connectivity index (χ3v) is 2.43. The maximum atomic E-state index is 5.31. The number of hydrogen-bond donors (Lipinski definition) is 2. The number of rotatable bonds is 6. The second-order valence-corrected chi connectivity index (χ2v) is 5.24. The largest absolute Gasteiger partial charge is 0.370 e. The van der Waals surface area contributed by atoms with E-state index >= 15 is 0 Å². The molecule has 1 aromatic rings. The van der Waals surface area contributed by atoms with E-state index in [1.165, 1.54) is 0 Å². The maximum absolute atomic E-state index is 5.31. The molecule has 0 fully saturated rings. The predicted octanol–water partition coefficient (Wildman–Crippen LogP) is 2.49. The van der Waals surface area contributed by atoms with E-state index in [0.29, 0.717) is 17.7 Å². The first kappa shape index (κ1) is 13.8. The summed E-state index contributed by atoms with van der Waals surface area (Å²) in [6, 6.07) is 3.97. The highest BCUT2D eigenvalue weighted by atomic mass is 15.2. The molecule has 0 unspecified atom stereocenters. The number of nitrogens with one attached hydrogen (secondary N) is 1. The van der Waals surface area contributed by atoms with Crippen molar-refractivity contribution in [1.29, 1.82) is 0 Å². The van der Waals surface area contributed by atoms with Gasteiger partial charge in [0.1, 0.15) is 5.82 Å². The van der Waals surface area contributed by atoms with E-state index in [2.05, 4.69) is 49.1 Å². The Morgan fingerprint density at radius 1 is 1.18 bits per heavy atom. The molecule has 0 aromatic carbocycles. The van der Waals surface area contributed by atoms with Crippen LogP contribution in [0.4, 0.5) is 11.5 Å². The molecule has 0 radical (unpaired) electrons. The molecule has 0 aliphatic carbocycles. The Kier molecular flexibility index (Phi) is 5.22.